The summed E-state index contributed by atoms with van der Waals surface area (Å²) in [5.41, 5.74) is 6.34. The Balaban J connectivity index is 2.12. The molecule has 0 heterocycles. The fourth-order valence-electron chi connectivity index (χ4n) is 1.69. The maximum atomic E-state index is 12.8. The Hall–Kier alpha value is -2.41. The van der Waals surface area contributed by atoms with E-state index in [0.29, 0.717) is 11.4 Å². The number of carbonyl (C=O) groups is 1. The van der Waals surface area contributed by atoms with Crippen molar-refractivity contribution in [2.24, 2.45) is 0 Å². The normalized spacial score (nSPS) is 11.1. The number of amides is 1. The summed E-state index contributed by atoms with van der Waals surface area (Å²) in [5.74, 6) is -2.00. The van der Waals surface area contributed by atoms with Crippen LogP contribution >= 0.6 is 0 Å². The standard InChI is InChI=1S/C14H13FN2O3S/c15-10-5-7-11(8-6-10)21(19,20)9-14(18)17-13-4-2-1-3-12(13)16/h1-8H,9,16H2,(H,17,18). The molecule has 0 unspecified atom stereocenters. The molecule has 1 amide bonds. The molecule has 0 aliphatic rings. The zero-order chi connectivity index (χ0) is 15.5. The molecule has 0 fully saturated rings. The van der Waals surface area contributed by atoms with Crippen molar-refractivity contribution in [3.8, 4) is 0 Å². The van der Waals surface area contributed by atoms with Gasteiger partial charge in [0.2, 0.25) is 5.91 Å². The number of nitrogens with one attached hydrogen (secondary N) is 1. The van der Waals surface area contributed by atoms with E-state index in [1.54, 1.807) is 24.3 Å². The lowest BCUT2D eigenvalue weighted by Gasteiger charge is -2.08. The van der Waals surface area contributed by atoms with Gasteiger partial charge in [-0.2, -0.15) is 0 Å². The molecule has 0 aromatic heterocycles. The van der Waals surface area contributed by atoms with E-state index in [2.05, 4.69) is 5.32 Å². The minimum atomic E-state index is -3.83. The van der Waals surface area contributed by atoms with Gasteiger partial charge in [-0.15, -0.1) is 0 Å². The summed E-state index contributed by atoms with van der Waals surface area (Å²) in [6, 6.07) is 10.8. The van der Waals surface area contributed by atoms with Crippen LogP contribution in [0, 0.1) is 5.82 Å². The van der Waals surface area contributed by atoms with Crippen molar-refractivity contribution in [1.82, 2.24) is 0 Å². The van der Waals surface area contributed by atoms with E-state index < -0.39 is 27.3 Å². The van der Waals surface area contributed by atoms with E-state index in [9.17, 15) is 17.6 Å². The van der Waals surface area contributed by atoms with Gasteiger partial charge >= 0.3 is 0 Å². The van der Waals surface area contributed by atoms with Crippen molar-refractivity contribution in [1.29, 1.82) is 0 Å². The Morgan fingerprint density at radius 1 is 1.10 bits per heavy atom. The molecule has 0 saturated heterocycles. The van der Waals surface area contributed by atoms with Gasteiger partial charge in [0, 0.05) is 0 Å². The van der Waals surface area contributed by atoms with E-state index in [1.807, 2.05) is 0 Å². The van der Waals surface area contributed by atoms with Crippen LogP contribution in [0.4, 0.5) is 15.8 Å². The minimum absolute atomic E-state index is 0.111. The fraction of sp³-hybridized carbons (Fsp3) is 0.0714. The largest absolute Gasteiger partial charge is 0.397 e. The lowest BCUT2D eigenvalue weighted by Crippen LogP contribution is -2.23. The third kappa shape index (κ3) is 3.79. The highest BCUT2D eigenvalue weighted by molar-refractivity contribution is 7.92. The molecule has 0 aliphatic carbocycles. The van der Waals surface area contributed by atoms with E-state index in [4.69, 9.17) is 5.73 Å². The maximum absolute atomic E-state index is 12.8. The summed E-state index contributed by atoms with van der Waals surface area (Å²) in [5, 5.41) is 2.43. The summed E-state index contributed by atoms with van der Waals surface area (Å²) < 4.78 is 36.8. The molecule has 110 valence electrons. The predicted octanol–water partition coefficient (Wildman–Crippen LogP) is 1.82. The van der Waals surface area contributed by atoms with Crippen molar-refractivity contribution in [3.05, 3.63) is 54.3 Å². The van der Waals surface area contributed by atoms with Crippen LogP contribution in [0.3, 0.4) is 0 Å². The van der Waals surface area contributed by atoms with Gasteiger partial charge in [-0.05, 0) is 36.4 Å². The second-order valence-electron chi connectivity index (χ2n) is 4.35. The Morgan fingerprint density at radius 2 is 1.71 bits per heavy atom. The first-order chi connectivity index (χ1) is 9.88. The zero-order valence-electron chi connectivity index (χ0n) is 10.9. The lowest BCUT2D eigenvalue weighted by molar-refractivity contribution is -0.113. The van der Waals surface area contributed by atoms with Crippen LogP contribution in [-0.2, 0) is 14.6 Å². The fourth-order valence-corrected chi connectivity index (χ4v) is 2.83. The minimum Gasteiger partial charge on any atom is -0.397 e. The Morgan fingerprint density at radius 3 is 2.33 bits per heavy atom. The molecule has 0 radical (unpaired) electrons. The zero-order valence-corrected chi connectivity index (χ0v) is 11.7. The van der Waals surface area contributed by atoms with Crippen LogP contribution in [0.15, 0.2) is 53.4 Å². The molecule has 0 bridgehead atoms. The van der Waals surface area contributed by atoms with E-state index in [-0.39, 0.29) is 4.90 Å². The smallest absolute Gasteiger partial charge is 0.240 e. The molecule has 2 aromatic carbocycles. The van der Waals surface area contributed by atoms with E-state index in [0.717, 1.165) is 24.3 Å². The third-order valence-corrected chi connectivity index (χ3v) is 4.36. The maximum Gasteiger partial charge on any atom is 0.240 e. The van der Waals surface area contributed by atoms with Gasteiger partial charge in [-0.25, -0.2) is 12.8 Å². The van der Waals surface area contributed by atoms with Crippen LogP contribution in [0.1, 0.15) is 0 Å². The first-order valence-electron chi connectivity index (χ1n) is 6.01. The average molecular weight is 308 g/mol. The molecule has 5 nitrogen and oxygen atoms in total. The quantitative estimate of drug-likeness (QED) is 0.666. The highest BCUT2D eigenvalue weighted by Crippen LogP contribution is 2.17. The van der Waals surface area contributed by atoms with Crippen molar-refractivity contribution in [2.45, 2.75) is 4.90 Å². The molecule has 21 heavy (non-hydrogen) atoms. The van der Waals surface area contributed by atoms with Gasteiger partial charge in [-0.1, -0.05) is 12.1 Å². The molecule has 7 heteroatoms. The molecule has 3 N–H and O–H groups in total. The number of hydrogen-bond donors (Lipinski definition) is 2. The molecule has 0 atom stereocenters. The Kier molecular flexibility index (Phi) is 4.23. The van der Waals surface area contributed by atoms with Gasteiger partial charge < -0.3 is 11.1 Å². The second-order valence-corrected chi connectivity index (χ2v) is 6.34. The van der Waals surface area contributed by atoms with Crippen LogP contribution < -0.4 is 11.1 Å². The summed E-state index contributed by atoms with van der Waals surface area (Å²) in [4.78, 5) is 11.7. The van der Waals surface area contributed by atoms with Crippen LogP contribution in [0.25, 0.3) is 0 Å². The van der Waals surface area contributed by atoms with Crippen LogP contribution in [0.5, 0.6) is 0 Å². The first-order valence-corrected chi connectivity index (χ1v) is 7.66. The summed E-state index contributed by atoms with van der Waals surface area (Å²) in [6.07, 6.45) is 0. The first kappa shape index (κ1) is 15.0. The molecular formula is C14H13FN2O3S. The second kappa shape index (κ2) is 5.92. The number of carbonyl (C=O) groups excluding carboxylic acids is 1. The van der Waals surface area contributed by atoms with Crippen molar-refractivity contribution >= 4 is 27.1 Å². The summed E-state index contributed by atoms with van der Waals surface area (Å²) in [6.45, 7) is 0. The number of nitrogens with two attached hydrogens (primary N) is 1. The van der Waals surface area contributed by atoms with E-state index in [1.165, 1.54) is 0 Å². The van der Waals surface area contributed by atoms with Gasteiger partial charge in [0.1, 0.15) is 11.6 Å². The molecular weight excluding hydrogens is 295 g/mol. The average Bonchev–Trinajstić information content (AvgIpc) is 2.41. The molecule has 2 rings (SSSR count). The topological polar surface area (TPSA) is 89.3 Å². The van der Waals surface area contributed by atoms with Gasteiger partial charge in [0.15, 0.2) is 9.84 Å². The Labute approximate surface area is 121 Å². The van der Waals surface area contributed by atoms with Crippen LogP contribution in [-0.4, -0.2) is 20.1 Å². The number of hydrogen-bond acceptors (Lipinski definition) is 4. The van der Waals surface area contributed by atoms with Crippen molar-refractivity contribution < 1.29 is 17.6 Å². The van der Waals surface area contributed by atoms with E-state index >= 15 is 0 Å². The number of anilines is 2. The number of para-hydroxylation sites is 2. The van der Waals surface area contributed by atoms with Gasteiger partial charge in [-0.3, -0.25) is 4.79 Å². The van der Waals surface area contributed by atoms with Crippen LogP contribution in [0.2, 0.25) is 0 Å². The highest BCUT2D eigenvalue weighted by Gasteiger charge is 2.19. The summed E-state index contributed by atoms with van der Waals surface area (Å²) in [7, 11) is -3.83. The van der Waals surface area contributed by atoms with Gasteiger partial charge in [0.05, 0.1) is 16.3 Å². The Bertz CT molecular complexity index is 758. The number of halogens is 1. The SMILES string of the molecule is Nc1ccccc1NC(=O)CS(=O)(=O)c1ccc(F)cc1. The lowest BCUT2D eigenvalue weighted by atomic mass is 10.3. The summed E-state index contributed by atoms with van der Waals surface area (Å²) >= 11 is 0. The molecule has 2 aromatic rings. The molecule has 0 spiro atoms. The molecule has 0 saturated carbocycles. The number of sulfone groups is 1. The monoisotopic (exact) mass is 308 g/mol. The third-order valence-electron chi connectivity index (χ3n) is 2.73. The van der Waals surface area contributed by atoms with Crippen molar-refractivity contribution in [3.63, 3.8) is 0 Å². The number of nitrogen functional groups attached to an aromatic ring is 1. The van der Waals surface area contributed by atoms with Gasteiger partial charge in [0.25, 0.3) is 0 Å². The highest BCUT2D eigenvalue weighted by atomic mass is 32.2. The number of rotatable bonds is 4. The molecule has 0 aliphatic heterocycles. The predicted molar refractivity (Wildman–Crippen MR) is 77.9 cm³/mol. The number of benzene rings is 2. The van der Waals surface area contributed by atoms with Crippen molar-refractivity contribution in [2.75, 3.05) is 16.8 Å².